The number of nitrogens with zero attached hydrogens (tertiary/aromatic N) is 4. The van der Waals surface area contributed by atoms with E-state index in [1.807, 2.05) is 6.92 Å². The number of fused-ring (bicyclic) bond motifs is 1. The molecule has 1 unspecified atom stereocenters. The maximum Gasteiger partial charge on any atom is 0.329 e. The number of hydrogen-bond acceptors (Lipinski definition) is 8. The maximum atomic E-state index is 13.5. The molecule has 0 aliphatic heterocycles. The van der Waals surface area contributed by atoms with Crippen LogP contribution in [0.4, 0.5) is 5.95 Å². The van der Waals surface area contributed by atoms with Gasteiger partial charge in [-0.1, -0.05) is 49.0 Å². The van der Waals surface area contributed by atoms with Crippen LogP contribution in [0.15, 0.2) is 29.2 Å². The second kappa shape index (κ2) is 13.5. The monoisotopic (exact) mass is 561 g/mol. The molecule has 1 atom stereocenters. The van der Waals surface area contributed by atoms with Gasteiger partial charge >= 0.3 is 7.60 Å². The van der Waals surface area contributed by atoms with Crippen LogP contribution >= 0.6 is 30.8 Å². The average molecular weight is 562 g/mol. The van der Waals surface area contributed by atoms with E-state index in [-0.39, 0.29) is 50.5 Å². The second-order valence-electron chi connectivity index (χ2n) is 8.03. The van der Waals surface area contributed by atoms with Crippen LogP contribution in [-0.4, -0.2) is 55.3 Å². The van der Waals surface area contributed by atoms with Crippen molar-refractivity contribution >= 4 is 47.8 Å². The van der Waals surface area contributed by atoms with Crippen molar-refractivity contribution in [2.75, 3.05) is 31.3 Å². The number of ether oxygens (including phenoxy) is 1. The number of anilines is 1. The zero-order chi connectivity index (χ0) is 26.1. The van der Waals surface area contributed by atoms with Gasteiger partial charge < -0.3 is 20.1 Å². The normalized spacial score (nSPS) is 13.2. The van der Waals surface area contributed by atoms with E-state index in [1.165, 1.54) is 10.9 Å². The lowest BCUT2D eigenvalue weighted by Gasteiger charge is -2.17. The number of halogens is 2. The van der Waals surface area contributed by atoms with Crippen LogP contribution in [0.5, 0.6) is 0 Å². The number of benzene rings is 1. The highest BCUT2D eigenvalue weighted by Gasteiger charge is 2.22. The SMILES string of the molecule is CCCCCP(=O)(O)OCn1c(NCc2ccc(Cl)c(Cl)c2)nc2cnn(CCOCCO)c2c1=O. The topological polar surface area (TPSA) is 141 Å². The Morgan fingerprint density at radius 3 is 2.72 bits per heavy atom. The molecule has 14 heteroatoms. The number of nitrogens with one attached hydrogen (secondary N) is 1. The van der Waals surface area contributed by atoms with Gasteiger partial charge in [-0.05, 0) is 24.1 Å². The van der Waals surface area contributed by atoms with Crippen molar-refractivity contribution in [3.05, 3.63) is 50.4 Å². The largest absolute Gasteiger partial charge is 0.394 e. The molecule has 3 rings (SSSR count). The Hall–Kier alpha value is -1.98. The second-order valence-corrected chi connectivity index (χ2v) is 10.8. The van der Waals surface area contributed by atoms with Crippen LogP contribution < -0.4 is 10.9 Å². The summed E-state index contributed by atoms with van der Waals surface area (Å²) in [4.78, 5) is 28.2. The minimum atomic E-state index is -3.91. The summed E-state index contributed by atoms with van der Waals surface area (Å²) in [6, 6.07) is 5.13. The van der Waals surface area contributed by atoms with Gasteiger partial charge in [0.05, 0.1) is 48.8 Å². The van der Waals surface area contributed by atoms with Gasteiger partial charge in [0.2, 0.25) is 5.95 Å². The first-order chi connectivity index (χ1) is 17.3. The van der Waals surface area contributed by atoms with Crippen molar-refractivity contribution in [2.45, 2.75) is 46.0 Å². The molecular weight excluding hydrogens is 532 g/mol. The summed E-state index contributed by atoms with van der Waals surface area (Å²) in [6.45, 7) is 2.32. The number of rotatable bonds is 15. The first-order valence-corrected chi connectivity index (χ1v) is 14.1. The lowest BCUT2D eigenvalue weighted by atomic mass is 10.2. The Bertz CT molecular complexity index is 1270. The third kappa shape index (κ3) is 7.76. The third-order valence-corrected chi connectivity index (χ3v) is 7.44. The summed E-state index contributed by atoms with van der Waals surface area (Å²) < 4.78 is 25.7. The summed E-state index contributed by atoms with van der Waals surface area (Å²) in [5.41, 5.74) is 0.829. The quantitative estimate of drug-likeness (QED) is 0.186. The fourth-order valence-corrected chi connectivity index (χ4v) is 4.79. The summed E-state index contributed by atoms with van der Waals surface area (Å²) in [5.74, 6) is 0.142. The van der Waals surface area contributed by atoms with E-state index in [0.29, 0.717) is 22.0 Å². The molecule has 0 spiro atoms. The molecule has 1 aromatic carbocycles. The molecule has 0 amide bonds. The van der Waals surface area contributed by atoms with Crippen molar-refractivity contribution < 1.29 is 23.8 Å². The highest BCUT2D eigenvalue weighted by Crippen LogP contribution is 2.43. The van der Waals surface area contributed by atoms with Crippen LogP contribution in [0.2, 0.25) is 10.0 Å². The summed E-state index contributed by atoms with van der Waals surface area (Å²) in [7, 11) is -3.91. The van der Waals surface area contributed by atoms with Gasteiger partial charge in [0.1, 0.15) is 12.2 Å². The predicted octanol–water partition coefficient (Wildman–Crippen LogP) is 3.87. The number of aliphatic hydroxyl groups is 1. The van der Waals surface area contributed by atoms with Gasteiger partial charge in [0.15, 0.2) is 5.52 Å². The van der Waals surface area contributed by atoms with Crippen LogP contribution in [0, 0.1) is 0 Å². The van der Waals surface area contributed by atoms with Gasteiger partial charge in [-0.15, -0.1) is 0 Å². The smallest absolute Gasteiger partial charge is 0.329 e. The lowest BCUT2D eigenvalue weighted by Crippen LogP contribution is -2.28. The molecule has 0 aliphatic carbocycles. The maximum absolute atomic E-state index is 13.5. The van der Waals surface area contributed by atoms with Crippen molar-refractivity contribution in [3.63, 3.8) is 0 Å². The standard InChI is InChI=1S/C22H30Cl2N5O6P/c1-2-3-4-11-36(32,33)35-15-28-21(31)20-19(14-26-29(20)7-9-34-10-8-30)27-22(28)25-13-16-5-6-17(23)18(24)12-16/h5-6,12,14,30H,2-4,7-11,13,15H2,1H3,(H,25,27)(H,32,33). The van der Waals surface area contributed by atoms with Gasteiger partial charge in [0, 0.05) is 6.54 Å². The van der Waals surface area contributed by atoms with Crippen molar-refractivity contribution in [2.24, 2.45) is 0 Å². The van der Waals surface area contributed by atoms with Crippen LogP contribution in [0.3, 0.4) is 0 Å². The number of aliphatic hydroxyl groups excluding tert-OH is 1. The van der Waals surface area contributed by atoms with Crippen LogP contribution in [-0.2, 0) is 33.6 Å². The molecule has 3 N–H and O–H groups in total. The Balaban J connectivity index is 1.89. The first kappa shape index (κ1) is 28.6. The molecule has 0 fully saturated rings. The predicted molar refractivity (Wildman–Crippen MR) is 139 cm³/mol. The Kier molecular flexibility index (Phi) is 10.7. The molecule has 0 bridgehead atoms. The van der Waals surface area contributed by atoms with Gasteiger partial charge in [-0.25, -0.2) is 4.98 Å². The zero-order valence-corrected chi connectivity index (χ0v) is 22.3. The Labute approximate surface area is 218 Å². The molecule has 0 saturated carbocycles. The van der Waals surface area contributed by atoms with E-state index in [2.05, 4.69) is 15.4 Å². The van der Waals surface area contributed by atoms with Crippen LogP contribution in [0.1, 0.15) is 31.7 Å². The van der Waals surface area contributed by atoms with Gasteiger partial charge in [0.25, 0.3) is 5.56 Å². The van der Waals surface area contributed by atoms with Gasteiger partial charge in [-0.2, -0.15) is 5.10 Å². The molecular formula is C22H30Cl2N5O6P. The van der Waals surface area contributed by atoms with E-state index in [1.54, 1.807) is 18.2 Å². The lowest BCUT2D eigenvalue weighted by molar-refractivity contribution is 0.0859. The van der Waals surface area contributed by atoms with E-state index in [0.717, 1.165) is 23.0 Å². The summed E-state index contributed by atoms with van der Waals surface area (Å²) in [6.07, 6.45) is 3.70. The number of hydrogen-bond donors (Lipinski definition) is 3. The zero-order valence-electron chi connectivity index (χ0n) is 19.9. The summed E-state index contributed by atoms with van der Waals surface area (Å²) >= 11 is 12.1. The average Bonchev–Trinajstić information content (AvgIpc) is 3.25. The highest BCUT2D eigenvalue weighted by molar-refractivity contribution is 7.52. The Morgan fingerprint density at radius 2 is 2.00 bits per heavy atom. The molecule has 198 valence electrons. The molecule has 3 aromatic rings. The third-order valence-electron chi connectivity index (χ3n) is 5.30. The molecule has 0 radical (unpaired) electrons. The Morgan fingerprint density at radius 1 is 1.19 bits per heavy atom. The highest BCUT2D eigenvalue weighted by atomic mass is 35.5. The number of unbranched alkanes of at least 4 members (excludes halogenated alkanes) is 2. The molecule has 2 heterocycles. The van der Waals surface area contributed by atoms with Crippen molar-refractivity contribution in [1.82, 2.24) is 19.3 Å². The fourth-order valence-electron chi connectivity index (χ4n) is 3.42. The van der Waals surface area contributed by atoms with Crippen molar-refractivity contribution in [3.8, 4) is 0 Å². The number of aromatic nitrogens is 4. The van der Waals surface area contributed by atoms with Crippen LogP contribution in [0.25, 0.3) is 11.0 Å². The van der Waals surface area contributed by atoms with Gasteiger partial charge in [-0.3, -0.25) is 23.1 Å². The molecule has 2 aromatic heterocycles. The first-order valence-electron chi connectivity index (χ1n) is 11.5. The van der Waals surface area contributed by atoms with E-state index < -0.39 is 19.9 Å². The summed E-state index contributed by atoms with van der Waals surface area (Å²) in [5, 5.41) is 17.0. The van der Waals surface area contributed by atoms with E-state index in [4.69, 9.17) is 37.6 Å². The minimum absolute atomic E-state index is 0.00255. The fraction of sp³-hybridized carbons (Fsp3) is 0.500. The van der Waals surface area contributed by atoms with Crippen molar-refractivity contribution in [1.29, 1.82) is 0 Å². The molecule has 36 heavy (non-hydrogen) atoms. The minimum Gasteiger partial charge on any atom is -0.394 e. The molecule has 0 aliphatic rings. The molecule has 11 nitrogen and oxygen atoms in total. The molecule has 0 saturated heterocycles. The van der Waals surface area contributed by atoms with E-state index >= 15 is 0 Å². The van der Waals surface area contributed by atoms with E-state index in [9.17, 15) is 14.3 Å².